The molecule has 1 aliphatic rings. The molecule has 4 nitrogen and oxygen atoms in total. The third-order valence-corrected chi connectivity index (χ3v) is 4.40. The van der Waals surface area contributed by atoms with Crippen molar-refractivity contribution in [1.29, 1.82) is 0 Å². The van der Waals surface area contributed by atoms with E-state index in [-0.39, 0.29) is 5.91 Å². The number of likely N-dealkylation sites (N-methyl/N-ethyl adjacent to an activating group) is 1. The van der Waals surface area contributed by atoms with Crippen molar-refractivity contribution in [3.63, 3.8) is 0 Å². The monoisotopic (exact) mass is 327 g/mol. The Bertz CT molecular complexity index is 694. The molecule has 126 valence electrons. The summed E-state index contributed by atoms with van der Waals surface area (Å²) in [6.07, 6.45) is 0. The second-order valence-corrected chi connectivity index (χ2v) is 5.93. The minimum absolute atomic E-state index is 0.307. The van der Waals surface area contributed by atoms with Gasteiger partial charge in [-0.05, 0) is 49.0 Å². The van der Waals surface area contributed by atoms with Gasteiger partial charge in [-0.2, -0.15) is 0 Å². The first-order valence-electron chi connectivity index (χ1n) is 8.30. The van der Waals surface area contributed by atoms with Gasteiger partial charge in [-0.25, -0.2) is 4.39 Å². The van der Waals surface area contributed by atoms with Crippen molar-refractivity contribution in [3.8, 4) is 0 Å². The van der Waals surface area contributed by atoms with Crippen LogP contribution in [0.5, 0.6) is 0 Å². The predicted octanol–water partition coefficient (Wildman–Crippen LogP) is 3.22. The first-order chi connectivity index (χ1) is 11.7. The molecule has 1 fully saturated rings. The minimum Gasteiger partial charge on any atom is -0.369 e. The van der Waals surface area contributed by atoms with Crippen molar-refractivity contribution in [2.24, 2.45) is 0 Å². The van der Waals surface area contributed by atoms with E-state index in [0.717, 1.165) is 38.4 Å². The molecule has 3 rings (SSSR count). The molecule has 0 unspecified atom stereocenters. The Morgan fingerprint density at radius 1 is 1.08 bits per heavy atom. The molecule has 0 radical (unpaired) electrons. The van der Waals surface area contributed by atoms with Crippen LogP contribution < -0.4 is 10.2 Å². The first kappa shape index (κ1) is 16.5. The minimum atomic E-state index is -0.413. The number of hydrogen-bond acceptors (Lipinski definition) is 3. The Morgan fingerprint density at radius 2 is 1.79 bits per heavy atom. The van der Waals surface area contributed by atoms with Crippen LogP contribution in [0.2, 0.25) is 0 Å². The number of halogens is 1. The van der Waals surface area contributed by atoms with E-state index in [0.29, 0.717) is 11.3 Å². The number of piperazine rings is 1. The molecule has 0 aliphatic carbocycles. The molecule has 1 heterocycles. The number of nitrogens with zero attached hydrogens (tertiary/aromatic N) is 2. The molecule has 1 saturated heterocycles. The fourth-order valence-electron chi connectivity index (χ4n) is 2.91. The maximum atomic E-state index is 13.2. The van der Waals surface area contributed by atoms with E-state index >= 15 is 0 Å². The van der Waals surface area contributed by atoms with E-state index in [2.05, 4.69) is 22.0 Å². The molecular formula is C19H22FN3O. The summed E-state index contributed by atoms with van der Waals surface area (Å²) < 4.78 is 13.2. The van der Waals surface area contributed by atoms with Gasteiger partial charge >= 0.3 is 0 Å². The van der Waals surface area contributed by atoms with Crippen LogP contribution in [0.4, 0.5) is 15.8 Å². The van der Waals surface area contributed by atoms with Gasteiger partial charge in [-0.15, -0.1) is 0 Å². The molecule has 1 N–H and O–H groups in total. The molecule has 0 spiro atoms. The maximum absolute atomic E-state index is 13.2. The number of anilines is 2. The molecule has 5 heteroatoms. The lowest BCUT2D eigenvalue weighted by Gasteiger charge is -2.35. The average molecular weight is 327 g/mol. The van der Waals surface area contributed by atoms with E-state index < -0.39 is 5.82 Å². The van der Waals surface area contributed by atoms with Crippen LogP contribution in [-0.2, 0) is 0 Å². The molecule has 1 amide bonds. The average Bonchev–Trinajstić information content (AvgIpc) is 2.62. The lowest BCUT2D eigenvalue weighted by Crippen LogP contribution is -2.46. The van der Waals surface area contributed by atoms with Crippen LogP contribution in [0.1, 0.15) is 17.3 Å². The number of nitrogens with one attached hydrogen (secondary N) is 1. The number of carbonyl (C=O) groups is 1. The standard InChI is InChI=1S/C19H22FN3O/c1-2-22-10-12-23(13-11-22)18-8-6-17(7-9-18)21-19(24)15-4-3-5-16(20)14-15/h3-9,14H,2,10-13H2,1H3,(H,21,24). The van der Waals surface area contributed by atoms with Crippen LogP contribution >= 0.6 is 0 Å². The molecule has 1 aliphatic heterocycles. The summed E-state index contributed by atoms with van der Waals surface area (Å²) in [5, 5.41) is 2.80. The Labute approximate surface area is 141 Å². The smallest absolute Gasteiger partial charge is 0.255 e. The molecule has 2 aromatic carbocycles. The molecule has 0 aromatic heterocycles. The van der Waals surface area contributed by atoms with Gasteiger partial charge in [0, 0.05) is 43.1 Å². The summed E-state index contributed by atoms with van der Waals surface area (Å²) in [6, 6.07) is 13.5. The van der Waals surface area contributed by atoms with Gasteiger partial charge in [0.2, 0.25) is 0 Å². The highest BCUT2D eigenvalue weighted by atomic mass is 19.1. The fraction of sp³-hybridized carbons (Fsp3) is 0.316. The van der Waals surface area contributed by atoms with E-state index in [9.17, 15) is 9.18 Å². The second-order valence-electron chi connectivity index (χ2n) is 5.93. The topological polar surface area (TPSA) is 35.6 Å². The zero-order valence-electron chi connectivity index (χ0n) is 13.8. The summed E-state index contributed by atoms with van der Waals surface area (Å²) in [4.78, 5) is 16.9. The van der Waals surface area contributed by atoms with Gasteiger partial charge in [-0.1, -0.05) is 13.0 Å². The highest BCUT2D eigenvalue weighted by Gasteiger charge is 2.15. The molecule has 2 aromatic rings. The van der Waals surface area contributed by atoms with Crippen LogP contribution in [0.3, 0.4) is 0 Å². The van der Waals surface area contributed by atoms with Crippen LogP contribution in [0.15, 0.2) is 48.5 Å². The van der Waals surface area contributed by atoms with E-state index in [1.54, 1.807) is 6.07 Å². The Kier molecular flexibility index (Phi) is 5.11. The van der Waals surface area contributed by atoms with Crippen LogP contribution in [0.25, 0.3) is 0 Å². The summed E-state index contributed by atoms with van der Waals surface area (Å²) in [6.45, 7) is 7.47. The summed E-state index contributed by atoms with van der Waals surface area (Å²) >= 11 is 0. The molecule has 0 saturated carbocycles. The quantitative estimate of drug-likeness (QED) is 0.936. The van der Waals surface area contributed by atoms with Crippen molar-refractivity contribution < 1.29 is 9.18 Å². The zero-order valence-corrected chi connectivity index (χ0v) is 13.8. The zero-order chi connectivity index (χ0) is 16.9. The fourth-order valence-corrected chi connectivity index (χ4v) is 2.91. The third kappa shape index (κ3) is 3.92. The highest BCUT2D eigenvalue weighted by Crippen LogP contribution is 2.20. The Morgan fingerprint density at radius 3 is 2.42 bits per heavy atom. The lowest BCUT2D eigenvalue weighted by atomic mass is 10.2. The number of benzene rings is 2. The van der Waals surface area contributed by atoms with Crippen molar-refractivity contribution in [2.45, 2.75) is 6.92 Å². The van der Waals surface area contributed by atoms with Gasteiger partial charge in [0.15, 0.2) is 0 Å². The van der Waals surface area contributed by atoms with Crippen molar-refractivity contribution in [3.05, 3.63) is 59.9 Å². The van der Waals surface area contributed by atoms with Crippen LogP contribution in [0, 0.1) is 5.82 Å². The number of hydrogen-bond donors (Lipinski definition) is 1. The van der Waals surface area contributed by atoms with Crippen molar-refractivity contribution in [2.75, 3.05) is 42.9 Å². The van der Waals surface area contributed by atoms with Gasteiger partial charge < -0.3 is 15.1 Å². The predicted molar refractivity (Wildman–Crippen MR) is 95.1 cm³/mol. The number of amides is 1. The first-order valence-corrected chi connectivity index (χ1v) is 8.30. The summed E-state index contributed by atoms with van der Waals surface area (Å²) in [5.41, 5.74) is 2.18. The summed E-state index contributed by atoms with van der Waals surface area (Å²) in [5.74, 6) is -0.719. The molecule has 0 atom stereocenters. The molecule has 0 bridgehead atoms. The largest absolute Gasteiger partial charge is 0.369 e. The maximum Gasteiger partial charge on any atom is 0.255 e. The summed E-state index contributed by atoms with van der Waals surface area (Å²) in [7, 11) is 0. The van der Waals surface area contributed by atoms with Crippen LogP contribution in [-0.4, -0.2) is 43.5 Å². The van der Waals surface area contributed by atoms with Gasteiger partial charge in [0.1, 0.15) is 5.82 Å². The Hall–Kier alpha value is -2.40. The highest BCUT2D eigenvalue weighted by molar-refractivity contribution is 6.04. The molecular weight excluding hydrogens is 305 g/mol. The Balaban J connectivity index is 1.61. The van der Waals surface area contributed by atoms with Gasteiger partial charge in [0.05, 0.1) is 0 Å². The second kappa shape index (κ2) is 7.45. The van der Waals surface area contributed by atoms with Gasteiger partial charge in [-0.3, -0.25) is 4.79 Å². The van der Waals surface area contributed by atoms with Crippen molar-refractivity contribution >= 4 is 17.3 Å². The number of rotatable bonds is 4. The number of carbonyl (C=O) groups excluding carboxylic acids is 1. The SMILES string of the molecule is CCN1CCN(c2ccc(NC(=O)c3cccc(F)c3)cc2)CC1. The van der Waals surface area contributed by atoms with Gasteiger partial charge in [0.25, 0.3) is 5.91 Å². The normalized spacial score (nSPS) is 15.3. The van der Waals surface area contributed by atoms with E-state index in [1.165, 1.54) is 18.2 Å². The lowest BCUT2D eigenvalue weighted by molar-refractivity contribution is 0.102. The third-order valence-electron chi connectivity index (χ3n) is 4.40. The molecule has 24 heavy (non-hydrogen) atoms. The van der Waals surface area contributed by atoms with E-state index in [1.807, 2.05) is 24.3 Å². The van der Waals surface area contributed by atoms with Crippen molar-refractivity contribution in [1.82, 2.24) is 4.90 Å². The van der Waals surface area contributed by atoms with E-state index in [4.69, 9.17) is 0 Å².